The van der Waals surface area contributed by atoms with E-state index in [-0.39, 0.29) is 18.9 Å². The third-order valence-electron chi connectivity index (χ3n) is 6.69. The Morgan fingerprint density at radius 2 is 1.91 bits per heavy atom. The van der Waals surface area contributed by atoms with E-state index in [2.05, 4.69) is 63.4 Å². The minimum absolute atomic E-state index is 0.167. The first-order chi connectivity index (χ1) is 22.1. The number of aryl methyl sites for hydroxylation is 1. The lowest BCUT2D eigenvalue weighted by Gasteiger charge is -2.20. The molecule has 0 spiro atoms. The molecule has 0 N–H and O–H groups in total. The Bertz CT molecular complexity index is 1750. The minimum Gasteiger partial charge on any atom is -0.461 e. The molecule has 4 rings (SSSR count). The molecule has 0 unspecified atom stereocenters. The normalized spacial score (nSPS) is 11.9. The molecule has 0 aliphatic carbocycles. The summed E-state index contributed by atoms with van der Waals surface area (Å²) in [5, 5.41) is 9.68. The fraction of sp³-hybridized carbons (Fsp3) is 0.469. The number of rotatable bonds is 15. The SMILES string of the molecule is CCOC(=O)c1nc(N(CCCOC)c2cc(C)c(/N=c3\sc4ccccc4n3COCC[Si](C)(C)C)nn2)sc1C#CCOC. The van der Waals surface area contributed by atoms with E-state index in [1.165, 1.54) is 11.3 Å². The second-order valence-corrected chi connectivity index (χ2v) is 19.2. The van der Waals surface area contributed by atoms with Gasteiger partial charge in [-0.3, -0.25) is 4.57 Å². The molecule has 0 aliphatic rings. The van der Waals surface area contributed by atoms with Crippen molar-refractivity contribution in [3.63, 3.8) is 0 Å². The van der Waals surface area contributed by atoms with Crippen molar-refractivity contribution in [2.45, 2.75) is 52.7 Å². The third kappa shape index (κ3) is 9.54. The van der Waals surface area contributed by atoms with Crippen LogP contribution in [-0.2, 0) is 25.7 Å². The van der Waals surface area contributed by atoms with Gasteiger partial charge in [-0.2, -0.15) is 4.99 Å². The van der Waals surface area contributed by atoms with Crippen LogP contribution in [0.2, 0.25) is 25.7 Å². The van der Waals surface area contributed by atoms with Gasteiger partial charge in [0.15, 0.2) is 27.3 Å². The second-order valence-electron chi connectivity index (χ2n) is 11.6. The van der Waals surface area contributed by atoms with Crippen LogP contribution < -0.4 is 9.70 Å². The van der Waals surface area contributed by atoms with Gasteiger partial charge in [0, 0.05) is 42.1 Å². The zero-order valence-electron chi connectivity index (χ0n) is 27.6. The van der Waals surface area contributed by atoms with E-state index in [0.29, 0.717) is 54.6 Å². The molecule has 3 heterocycles. The summed E-state index contributed by atoms with van der Waals surface area (Å²) in [5.74, 6) is 6.48. The fourth-order valence-corrected chi connectivity index (χ4v) is 7.01. The second kappa shape index (κ2) is 16.9. The van der Waals surface area contributed by atoms with Crippen LogP contribution in [0.5, 0.6) is 0 Å². The lowest BCUT2D eigenvalue weighted by molar-refractivity contribution is 0.0520. The number of anilines is 2. The van der Waals surface area contributed by atoms with Crippen molar-refractivity contribution in [3.8, 4) is 11.8 Å². The number of fused-ring (bicyclic) bond motifs is 1. The molecule has 0 atom stereocenters. The number of nitrogens with zero attached hydrogens (tertiary/aromatic N) is 6. The number of carbonyl (C=O) groups excluding carboxylic acids is 1. The van der Waals surface area contributed by atoms with E-state index in [0.717, 1.165) is 26.6 Å². The van der Waals surface area contributed by atoms with Gasteiger partial charge >= 0.3 is 5.97 Å². The predicted octanol–water partition coefficient (Wildman–Crippen LogP) is 6.15. The average Bonchev–Trinajstić information content (AvgIpc) is 3.59. The molecule has 0 fully saturated rings. The summed E-state index contributed by atoms with van der Waals surface area (Å²) >= 11 is 2.88. The molecule has 246 valence electrons. The fourth-order valence-electron chi connectivity index (χ4n) is 4.27. The Kier molecular flexibility index (Phi) is 13.0. The van der Waals surface area contributed by atoms with Crippen LogP contribution in [0.1, 0.15) is 34.3 Å². The van der Waals surface area contributed by atoms with Gasteiger partial charge < -0.3 is 23.8 Å². The van der Waals surface area contributed by atoms with Crippen molar-refractivity contribution in [1.82, 2.24) is 19.7 Å². The minimum atomic E-state index is -1.21. The number of methoxy groups -OCH3 is 2. The van der Waals surface area contributed by atoms with Crippen molar-refractivity contribution >= 4 is 63.7 Å². The first-order valence-corrected chi connectivity index (χ1v) is 20.5. The Balaban J connectivity index is 1.70. The highest BCUT2D eigenvalue weighted by molar-refractivity contribution is 7.16. The van der Waals surface area contributed by atoms with Crippen LogP contribution in [-0.4, -0.2) is 81.0 Å². The summed E-state index contributed by atoms with van der Waals surface area (Å²) in [7, 11) is 2.02. The van der Waals surface area contributed by atoms with Crippen molar-refractivity contribution in [2.75, 3.05) is 52.1 Å². The maximum absolute atomic E-state index is 12.8. The third-order valence-corrected chi connectivity index (χ3v) is 10.5. The number of para-hydroxylation sites is 1. The van der Waals surface area contributed by atoms with Crippen LogP contribution in [0.4, 0.5) is 16.8 Å². The van der Waals surface area contributed by atoms with Crippen LogP contribution >= 0.6 is 22.7 Å². The molecule has 3 aromatic heterocycles. The van der Waals surface area contributed by atoms with Gasteiger partial charge in [0.1, 0.15) is 18.2 Å². The molecular formula is C32H42N6O5S2Si. The maximum Gasteiger partial charge on any atom is 0.359 e. The summed E-state index contributed by atoms with van der Waals surface area (Å²) in [4.78, 5) is 25.6. The Labute approximate surface area is 279 Å². The van der Waals surface area contributed by atoms with Gasteiger partial charge in [-0.15, -0.1) is 10.2 Å². The molecule has 0 bridgehead atoms. The summed E-state index contributed by atoms with van der Waals surface area (Å²) in [6, 6.07) is 11.2. The number of benzene rings is 1. The van der Waals surface area contributed by atoms with Gasteiger partial charge in [-0.25, -0.2) is 9.78 Å². The molecule has 11 nitrogen and oxygen atoms in total. The summed E-state index contributed by atoms with van der Waals surface area (Å²) < 4.78 is 25.0. The smallest absolute Gasteiger partial charge is 0.359 e. The number of esters is 1. The molecular weight excluding hydrogens is 641 g/mol. The molecule has 46 heavy (non-hydrogen) atoms. The van der Waals surface area contributed by atoms with Crippen molar-refractivity contribution in [2.24, 2.45) is 4.99 Å². The number of thiazole rings is 2. The van der Waals surface area contributed by atoms with Gasteiger partial charge in [0.05, 0.1) is 16.8 Å². The van der Waals surface area contributed by atoms with Crippen LogP contribution in [0.3, 0.4) is 0 Å². The zero-order valence-corrected chi connectivity index (χ0v) is 30.2. The maximum atomic E-state index is 12.8. The first-order valence-electron chi connectivity index (χ1n) is 15.1. The number of ether oxygens (including phenoxy) is 4. The average molecular weight is 683 g/mol. The van der Waals surface area contributed by atoms with Crippen LogP contribution in [0.25, 0.3) is 10.2 Å². The standard InChI is InChI=1S/C32H42N6O5S2Si/c1-8-43-30(39)28-26(15-11-17-40-3)45-31(33-28)37(16-12-18-41-4)27-21-23(2)29(36-35-27)34-32-38(22-42-19-20-46(5,6)7)24-13-9-10-14-25(24)44-32/h9-10,13-14,21H,8,12,16-20,22H2,1-7H3/b34-32-. The van der Waals surface area contributed by atoms with E-state index in [9.17, 15) is 4.79 Å². The van der Waals surface area contributed by atoms with Gasteiger partial charge in [0.2, 0.25) is 0 Å². The van der Waals surface area contributed by atoms with E-state index in [1.54, 1.807) is 32.5 Å². The van der Waals surface area contributed by atoms with Gasteiger partial charge in [-0.1, -0.05) is 66.3 Å². The summed E-state index contributed by atoms with van der Waals surface area (Å²) in [6.07, 6.45) is 0.696. The largest absolute Gasteiger partial charge is 0.461 e. The first kappa shape index (κ1) is 35.4. The van der Waals surface area contributed by atoms with Crippen LogP contribution in [0, 0.1) is 18.8 Å². The number of hydrogen-bond acceptors (Lipinski definition) is 12. The number of carbonyl (C=O) groups is 1. The summed E-state index contributed by atoms with van der Waals surface area (Å²) in [6.45, 7) is 13.4. The zero-order chi connectivity index (χ0) is 33.1. The van der Waals surface area contributed by atoms with E-state index in [4.69, 9.17) is 23.9 Å². The van der Waals surface area contributed by atoms with E-state index < -0.39 is 14.0 Å². The Morgan fingerprint density at radius 3 is 2.63 bits per heavy atom. The van der Waals surface area contributed by atoms with Gasteiger partial charge in [0.25, 0.3) is 0 Å². The lowest BCUT2D eigenvalue weighted by atomic mass is 10.3. The highest BCUT2D eigenvalue weighted by Gasteiger charge is 2.24. The highest BCUT2D eigenvalue weighted by atomic mass is 32.1. The van der Waals surface area contributed by atoms with Crippen LogP contribution in [0.15, 0.2) is 35.3 Å². The molecule has 0 amide bonds. The highest BCUT2D eigenvalue weighted by Crippen LogP contribution is 2.32. The molecule has 14 heteroatoms. The van der Waals surface area contributed by atoms with E-state index >= 15 is 0 Å². The van der Waals surface area contributed by atoms with Gasteiger partial charge in [-0.05, 0) is 50.1 Å². The molecule has 0 saturated heterocycles. The topological polar surface area (TPSA) is 113 Å². The lowest BCUT2D eigenvalue weighted by Crippen LogP contribution is -2.23. The quantitative estimate of drug-likeness (QED) is 0.0631. The number of aromatic nitrogens is 4. The monoisotopic (exact) mass is 682 g/mol. The number of hydrogen-bond donors (Lipinski definition) is 0. The molecule has 4 aromatic rings. The predicted molar refractivity (Wildman–Crippen MR) is 186 cm³/mol. The van der Waals surface area contributed by atoms with E-state index in [1.807, 2.05) is 30.0 Å². The molecule has 0 radical (unpaired) electrons. The van der Waals surface area contributed by atoms with Crippen molar-refractivity contribution in [3.05, 3.63) is 51.3 Å². The molecule has 0 aliphatic heterocycles. The Morgan fingerprint density at radius 1 is 1.11 bits per heavy atom. The van der Waals surface area contributed by atoms with Crippen molar-refractivity contribution in [1.29, 1.82) is 0 Å². The molecule has 0 saturated carbocycles. The van der Waals surface area contributed by atoms with Crippen molar-refractivity contribution < 1.29 is 23.7 Å². The molecule has 1 aromatic carbocycles. The Hall–Kier alpha value is -3.45. The summed E-state index contributed by atoms with van der Waals surface area (Å²) in [5.41, 5.74) is 2.07.